The summed E-state index contributed by atoms with van der Waals surface area (Å²) in [6, 6.07) is 12.2. The molecule has 2 unspecified atom stereocenters. The number of ether oxygens (including phenoxy) is 1. The van der Waals surface area contributed by atoms with Crippen molar-refractivity contribution >= 4 is 5.91 Å². The SMILES string of the molecule is O=C(C(O)c1ccccc1)N1CCOC(c2ccc(F)c(F)c2)C1. The van der Waals surface area contributed by atoms with Crippen LogP contribution in [-0.4, -0.2) is 35.6 Å². The molecule has 3 rings (SSSR count). The van der Waals surface area contributed by atoms with Gasteiger partial charge in [-0.15, -0.1) is 0 Å². The summed E-state index contributed by atoms with van der Waals surface area (Å²) in [5.41, 5.74) is 0.971. The Morgan fingerprint density at radius 2 is 1.92 bits per heavy atom. The summed E-state index contributed by atoms with van der Waals surface area (Å²) in [6.45, 7) is 0.771. The first-order valence-electron chi connectivity index (χ1n) is 7.64. The molecular formula is C18H17F2NO3. The van der Waals surface area contributed by atoms with Gasteiger partial charge in [0.25, 0.3) is 5.91 Å². The highest BCUT2D eigenvalue weighted by Gasteiger charge is 2.30. The molecule has 1 aliphatic heterocycles. The van der Waals surface area contributed by atoms with Crippen molar-refractivity contribution in [3.63, 3.8) is 0 Å². The van der Waals surface area contributed by atoms with E-state index in [1.165, 1.54) is 11.0 Å². The highest BCUT2D eigenvalue weighted by molar-refractivity contribution is 5.82. The molecule has 24 heavy (non-hydrogen) atoms. The van der Waals surface area contributed by atoms with E-state index < -0.39 is 29.7 Å². The first kappa shape index (κ1) is 16.5. The average molecular weight is 333 g/mol. The standard InChI is InChI=1S/C18H17F2NO3/c19-14-7-6-13(10-15(14)20)16-11-21(8-9-24-16)18(23)17(22)12-4-2-1-3-5-12/h1-7,10,16-17,22H,8-9,11H2. The molecule has 1 fully saturated rings. The zero-order valence-electron chi connectivity index (χ0n) is 12.9. The fraction of sp³-hybridized carbons (Fsp3) is 0.278. The van der Waals surface area contributed by atoms with E-state index >= 15 is 0 Å². The Bertz CT molecular complexity index is 723. The van der Waals surface area contributed by atoms with Gasteiger partial charge in [0.2, 0.25) is 0 Å². The molecule has 6 heteroatoms. The molecular weight excluding hydrogens is 316 g/mol. The van der Waals surface area contributed by atoms with Crippen molar-refractivity contribution < 1.29 is 23.4 Å². The van der Waals surface area contributed by atoms with Gasteiger partial charge in [-0.05, 0) is 23.3 Å². The smallest absolute Gasteiger partial charge is 0.256 e. The van der Waals surface area contributed by atoms with Gasteiger partial charge in [0, 0.05) is 6.54 Å². The van der Waals surface area contributed by atoms with E-state index in [4.69, 9.17) is 4.74 Å². The van der Waals surface area contributed by atoms with Gasteiger partial charge < -0.3 is 14.7 Å². The van der Waals surface area contributed by atoms with Crippen LogP contribution in [-0.2, 0) is 9.53 Å². The highest BCUT2D eigenvalue weighted by Crippen LogP contribution is 2.26. The fourth-order valence-electron chi connectivity index (χ4n) is 2.71. The predicted molar refractivity (Wildman–Crippen MR) is 83.0 cm³/mol. The summed E-state index contributed by atoms with van der Waals surface area (Å²) in [7, 11) is 0. The van der Waals surface area contributed by atoms with Crippen LogP contribution in [0.15, 0.2) is 48.5 Å². The number of carbonyl (C=O) groups excluding carboxylic acids is 1. The molecule has 0 bridgehead atoms. The van der Waals surface area contributed by atoms with Crippen molar-refractivity contribution in [1.29, 1.82) is 0 Å². The third-order valence-corrected chi connectivity index (χ3v) is 4.04. The van der Waals surface area contributed by atoms with E-state index in [0.29, 0.717) is 17.7 Å². The summed E-state index contributed by atoms with van der Waals surface area (Å²) < 4.78 is 32.0. The molecule has 1 heterocycles. The van der Waals surface area contributed by atoms with Crippen LogP contribution < -0.4 is 0 Å². The summed E-state index contributed by atoms with van der Waals surface area (Å²) in [5, 5.41) is 10.2. The lowest BCUT2D eigenvalue weighted by Crippen LogP contribution is -2.44. The molecule has 0 spiro atoms. The average Bonchev–Trinajstić information content (AvgIpc) is 2.63. The highest BCUT2D eigenvalue weighted by atomic mass is 19.2. The molecule has 126 valence electrons. The van der Waals surface area contributed by atoms with E-state index in [9.17, 15) is 18.7 Å². The van der Waals surface area contributed by atoms with Crippen LogP contribution in [0.25, 0.3) is 0 Å². The lowest BCUT2D eigenvalue weighted by atomic mass is 10.1. The number of morpholine rings is 1. The van der Waals surface area contributed by atoms with Crippen molar-refractivity contribution in [3.05, 3.63) is 71.3 Å². The number of rotatable bonds is 3. The monoisotopic (exact) mass is 333 g/mol. The quantitative estimate of drug-likeness (QED) is 0.939. The minimum atomic E-state index is -1.25. The summed E-state index contributed by atoms with van der Waals surface area (Å²) in [4.78, 5) is 14.0. The number of aliphatic hydroxyl groups excluding tert-OH is 1. The predicted octanol–water partition coefficient (Wildman–Crippen LogP) is 2.60. The van der Waals surface area contributed by atoms with E-state index in [1.807, 2.05) is 0 Å². The molecule has 2 atom stereocenters. The van der Waals surface area contributed by atoms with Gasteiger partial charge in [-0.3, -0.25) is 4.79 Å². The molecule has 0 saturated carbocycles. The Balaban J connectivity index is 1.73. The second-order valence-corrected chi connectivity index (χ2v) is 5.63. The van der Waals surface area contributed by atoms with Crippen molar-refractivity contribution in [1.82, 2.24) is 4.90 Å². The maximum atomic E-state index is 13.4. The van der Waals surface area contributed by atoms with Gasteiger partial charge in [0.1, 0.15) is 6.10 Å². The molecule has 0 aliphatic carbocycles. The Morgan fingerprint density at radius 1 is 1.17 bits per heavy atom. The van der Waals surface area contributed by atoms with Crippen molar-refractivity contribution in [2.45, 2.75) is 12.2 Å². The molecule has 0 radical (unpaired) electrons. The summed E-state index contributed by atoms with van der Waals surface area (Å²) in [6.07, 6.45) is -1.81. The molecule has 0 aromatic heterocycles. The zero-order chi connectivity index (χ0) is 17.1. The first-order valence-corrected chi connectivity index (χ1v) is 7.64. The minimum absolute atomic E-state index is 0.174. The molecule has 1 saturated heterocycles. The second kappa shape index (κ2) is 7.07. The lowest BCUT2D eigenvalue weighted by Gasteiger charge is -2.34. The van der Waals surface area contributed by atoms with Crippen LogP contribution in [0.2, 0.25) is 0 Å². The molecule has 4 nitrogen and oxygen atoms in total. The Labute approximate surface area is 138 Å². The number of carbonyl (C=O) groups is 1. The van der Waals surface area contributed by atoms with Gasteiger partial charge in [-0.1, -0.05) is 36.4 Å². The molecule has 1 aliphatic rings. The number of amides is 1. The molecule has 2 aromatic rings. The number of benzene rings is 2. The van der Waals surface area contributed by atoms with E-state index in [-0.39, 0.29) is 13.2 Å². The Hall–Kier alpha value is -2.31. The van der Waals surface area contributed by atoms with Crippen LogP contribution in [0, 0.1) is 11.6 Å². The maximum absolute atomic E-state index is 13.4. The number of aliphatic hydroxyl groups is 1. The maximum Gasteiger partial charge on any atom is 0.256 e. The van der Waals surface area contributed by atoms with Crippen molar-refractivity contribution in [2.24, 2.45) is 0 Å². The summed E-state index contributed by atoms with van der Waals surface area (Å²) >= 11 is 0. The largest absolute Gasteiger partial charge is 0.378 e. The van der Waals surface area contributed by atoms with Gasteiger partial charge in [-0.25, -0.2) is 8.78 Å². The second-order valence-electron chi connectivity index (χ2n) is 5.63. The molecule has 2 aromatic carbocycles. The number of nitrogens with zero attached hydrogens (tertiary/aromatic N) is 1. The molecule has 1 N–H and O–H groups in total. The lowest BCUT2D eigenvalue weighted by molar-refractivity contribution is -0.148. The Kier molecular flexibility index (Phi) is 4.87. The number of hydrogen-bond acceptors (Lipinski definition) is 3. The third kappa shape index (κ3) is 3.44. The van der Waals surface area contributed by atoms with Gasteiger partial charge >= 0.3 is 0 Å². The normalized spacial score (nSPS) is 19.1. The van der Waals surface area contributed by atoms with Gasteiger partial charge in [-0.2, -0.15) is 0 Å². The Morgan fingerprint density at radius 3 is 2.62 bits per heavy atom. The van der Waals surface area contributed by atoms with Crippen LogP contribution in [0.3, 0.4) is 0 Å². The third-order valence-electron chi connectivity index (χ3n) is 4.04. The number of halogens is 2. The summed E-state index contributed by atoms with van der Waals surface area (Å²) in [5.74, 6) is -2.32. The molecule has 1 amide bonds. The van der Waals surface area contributed by atoms with E-state index in [0.717, 1.165) is 12.1 Å². The van der Waals surface area contributed by atoms with Crippen LogP contribution in [0.5, 0.6) is 0 Å². The van der Waals surface area contributed by atoms with Gasteiger partial charge in [0.05, 0.1) is 13.2 Å². The zero-order valence-corrected chi connectivity index (χ0v) is 12.9. The van der Waals surface area contributed by atoms with Crippen molar-refractivity contribution in [3.8, 4) is 0 Å². The van der Waals surface area contributed by atoms with Crippen LogP contribution >= 0.6 is 0 Å². The van der Waals surface area contributed by atoms with E-state index in [2.05, 4.69) is 0 Å². The van der Waals surface area contributed by atoms with Crippen LogP contribution in [0.1, 0.15) is 23.3 Å². The fourth-order valence-corrected chi connectivity index (χ4v) is 2.71. The van der Waals surface area contributed by atoms with Crippen LogP contribution in [0.4, 0.5) is 8.78 Å². The topological polar surface area (TPSA) is 49.8 Å². The number of hydrogen-bond donors (Lipinski definition) is 1. The van der Waals surface area contributed by atoms with E-state index in [1.54, 1.807) is 30.3 Å². The van der Waals surface area contributed by atoms with Gasteiger partial charge in [0.15, 0.2) is 17.7 Å². The van der Waals surface area contributed by atoms with Crippen molar-refractivity contribution in [2.75, 3.05) is 19.7 Å². The first-order chi connectivity index (χ1) is 11.6. The minimum Gasteiger partial charge on any atom is -0.378 e.